The minimum atomic E-state index is 0.227. The second-order valence-corrected chi connectivity index (χ2v) is 6.81. The minimum Gasteiger partial charge on any atom is -0.493 e. The zero-order valence-corrected chi connectivity index (χ0v) is 14.8. The van der Waals surface area contributed by atoms with Crippen molar-refractivity contribution in [3.8, 4) is 11.5 Å². The quantitative estimate of drug-likeness (QED) is 0.916. The van der Waals surface area contributed by atoms with Gasteiger partial charge >= 0.3 is 0 Å². The molecule has 1 amide bonds. The van der Waals surface area contributed by atoms with Crippen molar-refractivity contribution in [3.63, 3.8) is 0 Å². The molecule has 1 aromatic carbocycles. The van der Waals surface area contributed by atoms with E-state index < -0.39 is 0 Å². The highest BCUT2D eigenvalue weighted by Gasteiger charge is 2.25. The van der Waals surface area contributed by atoms with Gasteiger partial charge in [-0.1, -0.05) is 6.42 Å². The second kappa shape index (κ2) is 7.88. The van der Waals surface area contributed by atoms with Crippen molar-refractivity contribution in [1.82, 2.24) is 10.2 Å². The molecule has 5 heteroatoms. The summed E-state index contributed by atoms with van der Waals surface area (Å²) in [5.41, 5.74) is 2.27. The number of rotatable bonds is 4. The van der Waals surface area contributed by atoms with Gasteiger partial charge in [0.05, 0.1) is 20.6 Å². The summed E-state index contributed by atoms with van der Waals surface area (Å²) < 4.78 is 10.8. The van der Waals surface area contributed by atoms with E-state index >= 15 is 0 Å². The molecular formula is C19H28N2O3. The van der Waals surface area contributed by atoms with E-state index in [1.165, 1.54) is 24.8 Å². The number of carbonyl (C=O) groups is 1. The zero-order valence-electron chi connectivity index (χ0n) is 14.8. The number of nitrogens with zero attached hydrogens (tertiary/aromatic N) is 1. The van der Waals surface area contributed by atoms with Crippen LogP contribution in [-0.4, -0.2) is 51.2 Å². The van der Waals surface area contributed by atoms with Crippen LogP contribution in [0.5, 0.6) is 11.5 Å². The third kappa shape index (κ3) is 3.83. The molecule has 0 saturated carbocycles. The van der Waals surface area contributed by atoms with E-state index in [9.17, 15) is 4.79 Å². The van der Waals surface area contributed by atoms with Gasteiger partial charge in [0, 0.05) is 13.1 Å². The second-order valence-electron chi connectivity index (χ2n) is 6.81. The Morgan fingerprint density at radius 2 is 1.92 bits per heavy atom. The lowest BCUT2D eigenvalue weighted by molar-refractivity contribution is -0.130. The number of fused-ring (bicyclic) bond motifs is 1. The van der Waals surface area contributed by atoms with Crippen LogP contribution in [0, 0.1) is 5.92 Å². The molecule has 0 radical (unpaired) electrons. The maximum absolute atomic E-state index is 12.7. The Kier molecular flexibility index (Phi) is 5.61. The Morgan fingerprint density at radius 3 is 2.67 bits per heavy atom. The average Bonchev–Trinajstić information content (AvgIpc) is 2.94. The summed E-state index contributed by atoms with van der Waals surface area (Å²) in [7, 11) is 3.28. The Morgan fingerprint density at radius 1 is 1.17 bits per heavy atom. The van der Waals surface area contributed by atoms with Crippen molar-refractivity contribution >= 4 is 5.91 Å². The number of hydrogen-bond acceptors (Lipinski definition) is 4. The molecular weight excluding hydrogens is 304 g/mol. The van der Waals surface area contributed by atoms with Crippen molar-refractivity contribution in [3.05, 3.63) is 23.3 Å². The van der Waals surface area contributed by atoms with Crippen molar-refractivity contribution in [1.29, 1.82) is 0 Å². The highest BCUT2D eigenvalue weighted by Crippen LogP contribution is 2.32. The normalized spacial score (nSPS) is 21.7. The van der Waals surface area contributed by atoms with Crippen LogP contribution in [-0.2, 0) is 17.6 Å². The van der Waals surface area contributed by atoms with E-state index in [4.69, 9.17) is 9.47 Å². The molecule has 24 heavy (non-hydrogen) atoms. The van der Waals surface area contributed by atoms with Crippen molar-refractivity contribution in [2.45, 2.75) is 32.1 Å². The Balaban J connectivity index is 1.73. The fourth-order valence-electron chi connectivity index (χ4n) is 3.77. The standard InChI is InChI=1S/C19H28N2O3/c1-23-17-9-15-6-8-21(13-14-5-3-4-7-20-12-14)19(22)11-16(15)10-18(17)24-2/h9-10,14,20H,3-8,11-13H2,1-2H3. The molecule has 132 valence electrons. The summed E-state index contributed by atoms with van der Waals surface area (Å²) in [5.74, 6) is 2.24. The first-order chi connectivity index (χ1) is 11.7. The molecule has 0 aromatic heterocycles. The molecule has 1 fully saturated rings. The molecule has 1 saturated heterocycles. The van der Waals surface area contributed by atoms with Crippen LogP contribution in [0.25, 0.3) is 0 Å². The van der Waals surface area contributed by atoms with Gasteiger partial charge < -0.3 is 19.7 Å². The summed E-state index contributed by atoms with van der Waals surface area (Å²) in [6.07, 6.45) is 5.05. The van der Waals surface area contributed by atoms with E-state index in [1.54, 1.807) is 14.2 Å². The third-order valence-electron chi connectivity index (χ3n) is 5.18. The number of methoxy groups -OCH3 is 2. The number of benzene rings is 1. The molecule has 1 atom stereocenters. The fraction of sp³-hybridized carbons (Fsp3) is 0.632. The molecule has 2 aliphatic rings. The van der Waals surface area contributed by atoms with Crippen LogP contribution < -0.4 is 14.8 Å². The molecule has 1 aromatic rings. The SMILES string of the molecule is COc1cc2c(cc1OC)CC(=O)N(CC1CCCCNC1)CC2. The van der Waals surface area contributed by atoms with Crippen LogP contribution in [0.3, 0.4) is 0 Å². The van der Waals surface area contributed by atoms with Gasteiger partial charge in [0.2, 0.25) is 5.91 Å². The van der Waals surface area contributed by atoms with Crippen LogP contribution in [0.1, 0.15) is 30.4 Å². The molecule has 2 heterocycles. The molecule has 3 rings (SSSR count). The lowest BCUT2D eigenvalue weighted by Gasteiger charge is -2.25. The minimum absolute atomic E-state index is 0.227. The van der Waals surface area contributed by atoms with E-state index in [1.807, 2.05) is 12.1 Å². The summed E-state index contributed by atoms with van der Waals surface area (Å²) in [6.45, 7) is 3.79. The monoisotopic (exact) mass is 332 g/mol. The molecule has 2 aliphatic heterocycles. The largest absolute Gasteiger partial charge is 0.493 e. The highest BCUT2D eigenvalue weighted by molar-refractivity contribution is 5.80. The Bertz CT molecular complexity index is 580. The summed E-state index contributed by atoms with van der Waals surface area (Å²) in [6, 6.07) is 3.99. The van der Waals surface area contributed by atoms with Gasteiger partial charge in [0.15, 0.2) is 11.5 Å². The zero-order chi connectivity index (χ0) is 16.9. The molecule has 1 unspecified atom stereocenters. The maximum atomic E-state index is 12.7. The fourth-order valence-corrected chi connectivity index (χ4v) is 3.77. The van der Waals surface area contributed by atoms with Crippen LogP contribution in [0.2, 0.25) is 0 Å². The van der Waals surface area contributed by atoms with Crippen molar-refractivity contribution < 1.29 is 14.3 Å². The number of carbonyl (C=O) groups excluding carboxylic acids is 1. The predicted molar refractivity (Wildman–Crippen MR) is 93.7 cm³/mol. The molecule has 5 nitrogen and oxygen atoms in total. The van der Waals surface area contributed by atoms with Gasteiger partial charge in [-0.05, 0) is 61.5 Å². The van der Waals surface area contributed by atoms with Crippen molar-refractivity contribution in [2.24, 2.45) is 5.92 Å². The van der Waals surface area contributed by atoms with Crippen LogP contribution in [0.4, 0.5) is 0 Å². The van der Waals surface area contributed by atoms with Gasteiger partial charge in [-0.3, -0.25) is 4.79 Å². The first-order valence-corrected chi connectivity index (χ1v) is 8.93. The number of ether oxygens (including phenoxy) is 2. The van der Waals surface area contributed by atoms with E-state index in [2.05, 4.69) is 10.2 Å². The first kappa shape index (κ1) is 17.1. The lowest BCUT2D eigenvalue weighted by atomic mass is 10.0. The van der Waals surface area contributed by atoms with Gasteiger partial charge in [-0.25, -0.2) is 0 Å². The van der Waals surface area contributed by atoms with E-state index in [-0.39, 0.29) is 5.91 Å². The summed E-state index contributed by atoms with van der Waals surface area (Å²) in [4.78, 5) is 14.8. The van der Waals surface area contributed by atoms with Crippen LogP contribution >= 0.6 is 0 Å². The molecule has 0 spiro atoms. The lowest BCUT2D eigenvalue weighted by Crippen LogP contribution is -2.38. The number of amides is 1. The summed E-state index contributed by atoms with van der Waals surface area (Å²) >= 11 is 0. The number of nitrogens with one attached hydrogen (secondary N) is 1. The van der Waals surface area contributed by atoms with Gasteiger partial charge in [-0.2, -0.15) is 0 Å². The maximum Gasteiger partial charge on any atom is 0.227 e. The molecule has 1 N–H and O–H groups in total. The molecule has 0 bridgehead atoms. The van der Waals surface area contributed by atoms with Gasteiger partial charge in [0.1, 0.15) is 0 Å². The van der Waals surface area contributed by atoms with E-state index in [0.717, 1.165) is 43.9 Å². The number of hydrogen-bond donors (Lipinski definition) is 1. The highest BCUT2D eigenvalue weighted by atomic mass is 16.5. The van der Waals surface area contributed by atoms with Crippen LogP contribution in [0.15, 0.2) is 12.1 Å². The van der Waals surface area contributed by atoms with Gasteiger partial charge in [-0.15, -0.1) is 0 Å². The predicted octanol–water partition coefficient (Wildman–Crippen LogP) is 2.02. The van der Waals surface area contributed by atoms with E-state index in [0.29, 0.717) is 18.1 Å². The Hall–Kier alpha value is -1.75. The van der Waals surface area contributed by atoms with Crippen molar-refractivity contribution in [2.75, 3.05) is 40.4 Å². The first-order valence-electron chi connectivity index (χ1n) is 8.93. The van der Waals surface area contributed by atoms with Gasteiger partial charge in [0.25, 0.3) is 0 Å². The third-order valence-corrected chi connectivity index (χ3v) is 5.18. The summed E-state index contributed by atoms with van der Waals surface area (Å²) in [5, 5.41) is 3.49. The average molecular weight is 332 g/mol. The Labute approximate surface area is 144 Å². The molecule has 0 aliphatic carbocycles. The smallest absolute Gasteiger partial charge is 0.227 e. The topological polar surface area (TPSA) is 50.8 Å².